The number of carboxylic acids is 1. The molecule has 2 aromatic rings. The molecule has 0 saturated carbocycles. The van der Waals surface area contributed by atoms with E-state index in [-0.39, 0.29) is 0 Å². The summed E-state index contributed by atoms with van der Waals surface area (Å²) < 4.78 is 1.83. The number of aliphatic hydroxyl groups excluding tert-OH is 1. The van der Waals surface area contributed by atoms with Gasteiger partial charge < -0.3 is 10.2 Å². The van der Waals surface area contributed by atoms with E-state index >= 15 is 0 Å². The molecule has 0 radical (unpaired) electrons. The molecule has 2 N–H and O–H groups in total. The molecule has 1 aromatic heterocycles. The monoisotopic (exact) mass is 371 g/mol. The molecule has 1 aromatic carbocycles. The first kappa shape index (κ1) is 19.6. The lowest BCUT2D eigenvalue weighted by atomic mass is 9.72. The highest BCUT2D eigenvalue weighted by atomic mass is 16.4. The molecule has 1 fully saturated rings. The summed E-state index contributed by atoms with van der Waals surface area (Å²) in [7, 11) is 0. The van der Waals surface area contributed by atoms with Crippen molar-refractivity contribution in [2.45, 2.75) is 45.8 Å². The zero-order valence-electron chi connectivity index (χ0n) is 16.1. The molecule has 146 valence electrons. The number of nitrogens with zero attached hydrogens (tertiary/aromatic N) is 3. The fourth-order valence-corrected chi connectivity index (χ4v) is 3.93. The minimum atomic E-state index is -1.09. The summed E-state index contributed by atoms with van der Waals surface area (Å²) >= 11 is 0. The van der Waals surface area contributed by atoms with Crippen LogP contribution in [0.1, 0.15) is 38.7 Å². The van der Waals surface area contributed by atoms with Gasteiger partial charge in [-0.3, -0.25) is 9.69 Å². The molecule has 0 unspecified atom stereocenters. The Morgan fingerprint density at radius 1 is 1.33 bits per heavy atom. The summed E-state index contributed by atoms with van der Waals surface area (Å²) in [6, 6.07) is 9.92. The van der Waals surface area contributed by atoms with Crippen molar-refractivity contribution in [1.29, 1.82) is 0 Å². The van der Waals surface area contributed by atoms with E-state index in [1.807, 2.05) is 35.1 Å². The smallest absolute Gasteiger partial charge is 0.313 e. The Bertz CT molecular complexity index is 760. The molecule has 0 spiro atoms. The van der Waals surface area contributed by atoms with Crippen LogP contribution in [0.4, 0.5) is 0 Å². The van der Waals surface area contributed by atoms with Crippen molar-refractivity contribution in [2.75, 3.05) is 13.1 Å². The molecule has 6 nitrogen and oxygen atoms in total. The maximum atomic E-state index is 12.2. The summed E-state index contributed by atoms with van der Waals surface area (Å²) in [5.74, 6) is -0.481. The van der Waals surface area contributed by atoms with Crippen LogP contribution in [0.15, 0.2) is 42.7 Å². The van der Waals surface area contributed by atoms with Crippen LogP contribution < -0.4 is 0 Å². The van der Waals surface area contributed by atoms with Gasteiger partial charge in [-0.05, 0) is 42.9 Å². The molecule has 0 amide bonds. The van der Waals surface area contributed by atoms with Crippen LogP contribution in [-0.4, -0.2) is 50.1 Å². The molecule has 2 atom stereocenters. The van der Waals surface area contributed by atoms with Crippen molar-refractivity contribution < 1.29 is 15.0 Å². The molecule has 6 heteroatoms. The third-order valence-corrected chi connectivity index (χ3v) is 5.59. The topological polar surface area (TPSA) is 78.6 Å². The number of likely N-dealkylation sites (tertiary alicyclic amines) is 1. The van der Waals surface area contributed by atoms with E-state index in [1.54, 1.807) is 6.20 Å². The number of piperidine rings is 1. The number of hydrogen-bond donors (Lipinski definition) is 2. The van der Waals surface area contributed by atoms with Crippen molar-refractivity contribution in [3.05, 3.63) is 48.3 Å². The SMILES string of the molecule is CC(C)CC[C@@]1(C(=O)O)CN(Cc2ccccc2-n2cccn2)CC[C@H]1O. The predicted octanol–water partition coefficient (Wildman–Crippen LogP) is 2.95. The second-order valence-corrected chi connectivity index (χ2v) is 7.99. The lowest BCUT2D eigenvalue weighted by Gasteiger charge is -2.44. The van der Waals surface area contributed by atoms with Gasteiger partial charge in [-0.15, -0.1) is 0 Å². The molecule has 1 aliphatic rings. The number of carboxylic acid groups (broad SMARTS) is 1. The number of rotatable bonds is 7. The summed E-state index contributed by atoms with van der Waals surface area (Å²) in [5, 5.41) is 24.9. The molecule has 2 heterocycles. The van der Waals surface area contributed by atoms with Crippen molar-refractivity contribution in [2.24, 2.45) is 11.3 Å². The quantitative estimate of drug-likeness (QED) is 0.782. The first-order chi connectivity index (χ1) is 12.9. The van der Waals surface area contributed by atoms with Gasteiger partial charge in [0.2, 0.25) is 0 Å². The highest BCUT2D eigenvalue weighted by molar-refractivity contribution is 5.76. The van der Waals surface area contributed by atoms with Crippen LogP contribution in [0.25, 0.3) is 5.69 Å². The molecule has 0 aliphatic carbocycles. The molecular formula is C21H29N3O3. The fraction of sp³-hybridized carbons (Fsp3) is 0.524. The van der Waals surface area contributed by atoms with Gasteiger partial charge in [0.1, 0.15) is 5.41 Å². The van der Waals surface area contributed by atoms with Crippen LogP contribution in [0.5, 0.6) is 0 Å². The minimum absolute atomic E-state index is 0.365. The van der Waals surface area contributed by atoms with E-state index in [0.717, 1.165) is 17.7 Å². The van der Waals surface area contributed by atoms with E-state index in [1.165, 1.54) is 0 Å². The van der Waals surface area contributed by atoms with Gasteiger partial charge in [-0.1, -0.05) is 32.0 Å². The minimum Gasteiger partial charge on any atom is -0.481 e. The van der Waals surface area contributed by atoms with Gasteiger partial charge in [0, 0.05) is 32.0 Å². The highest BCUT2D eigenvalue weighted by Crippen LogP contribution is 2.37. The molecular weight excluding hydrogens is 342 g/mol. The number of para-hydroxylation sites is 1. The lowest BCUT2D eigenvalue weighted by molar-refractivity contribution is -0.165. The van der Waals surface area contributed by atoms with E-state index in [0.29, 0.717) is 38.4 Å². The number of aliphatic hydroxyl groups is 1. The van der Waals surface area contributed by atoms with Gasteiger partial charge in [0.25, 0.3) is 0 Å². The van der Waals surface area contributed by atoms with Crippen molar-refractivity contribution in [1.82, 2.24) is 14.7 Å². The average molecular weight is 371 g/mol. The summed E-state index contributed by atoms with van der Waals surface area (Å²) in [5.41, 5.74) is 1.00. The second kappa shape index (κ2) is 8.23. The summed E-state index contributed by atoms with van der Waals surface area (Å²) in [4.78, 5) is 14.3. The fourth-order valence-electron chi connectivity index (χ4n) is 3.93. The van der Waals surface area contributed by atoms with Gasteiger partial charge in [-0.2, -0.15) is 5.10 Å². The molecule has 0 bridgehead atoms. The Hall–Kier alpha value is -2.18. The Labute approximate surface area is 160 Å². The van der Waals surface area contributed by atoms with Gasteiger partial charge >= 0.3 is 5.97 Å². The first-order valence-corrected chi connectivity index (χ1v) is 9.64. The van der Waals surface area contributed by atoms with E-state index in [4.69, 9.17) is 0 Å². The Morgan fingerprint density at radius 2 is 2.11 bits per heavy atom. The van der Waals surface area contributed by atoms with Crippen LogP contribution in [0.3, 0.4) is 0 Å². The second-order valence-electron chi connectivity index (χ2n) is 7.99. The molecule has 1 aliphatic heterocycles. The first-order valence-electron chi connectivity index (χ1n) is 9.64. The third-order valence-electron chi connectivity index (χ3n) is 5.59. The number of aliphatic carboxylic acids is 1. The summed E-state index contributed by atoms with van der Waals surface area (Å²) in [6.45, 7) is 5.86. The predicted molar refractivity (Wildman–Crippen MR) is 104 cm³/mol. The van der Waals surface area contributed by atoms with Gasteiger partial charge in [0.15, 0.2) is 0 Å². The maximum Gasteiger partial charge on any atom is 0.313 e. The maximum absolute atomic E-state index is 12.2. The number of aromatic nitrogens is 2. The summed E-state index contributed by atoms with van der Waals surface area (Å²) in [6.07, 6.45) is 4.62. The molecule has 1 saturated heterocycles. The van der Waals surface area contributed by atoms with Gasteiger partial charge in [0.05, 0.1) is 11.8 Å². The van der Waals surface area contributed by atoms with E-state index in [2.05, 4.69) is 29.9 Å². The zero-order chi connectivity index (χ0) is 19.4. The number of benzene rings is 1. The standard InChI is InChI=1S/C21H29N3O3/c1-16(2)8-10-21(20(26)27)15-23(13-9-19(21)25)14-17-6-3-4-7-18(17)24-12-5-11-22-24/h3-7,11-12,16,19,25H,8-10,13-15H2,1-2H3,(H,26,27)/t19-,21-/m1/s1. The Kier molecular flexibility index (Phi) is 5.97. The average Bonchev–Trinajstić information content (AvgIpc) is 3.17. The van der Waals surface area contributed by atoms with Crippen LogP contribution in [0, 0.1) is 11.3 Å². The van der Waals surface area contributed by atoms with E-state index < -0.39 is 17.5 Å². The van der Waals surface area contributed by atoms with Crippen molar-refractivity contribution in [3.63, 3.8) is 0 Å². The lowest BCUT2D eigenvalue weighted by Crippen LogP contribution is -2.55. The van der Waals surface area contributed by atoms with Crippen molar-refractivity contribution in [3.8, 4) is 5.69 Å². The van der Waals surface area contributed by atoms with Crippen LogP contribution in [0.2, 0.25) is 0 Å². The normalized spacial score (nSPS) is 23.6. The third kappa shape index (κ3) is 4.22. The van der Waals surface area contributed by atoms with Gasteiger partial charge in [-0.25, -0.2) is 4.68 Å². The van der Waals surface area contributed by atoms with Crippen LogP contribution >= 0.6 is 0 Å². The van der Waals surface area contributed by atoms with E-state index in [9.17, 15) is 15.0 Å². The molecule has 27 heavy (non-hydrogen) atoms. The molecule has 3 rings (SSSR count). The largest absolute Gasteiger partial charge is 0.481 e. The zero-order valence-corrected chi connectivity index (χ0v) is 16.1. The Morgan fingerprint density at radius 3 is 2.78 bits per heavy atom. The Balaban J connectivity index is 1.81. The van der Waals surface area contributed by atoms with Crippen LogP contribution in [-0.2, 0) is 11.3 Å². The number of carbonyl (C=O) groups is 1. The number of hydrogen-bond acceptors (Lipinski definition) is 4. The highest BCUT2D eigenvalue weighted by Gasteiger charge is 2.48. The van der Waals surface area contributed by atoms with Crippen molar-refractivity contribution >= 4 is 5.97 Å².